The van der Waals surface area contributed by atoms with Crippen molar-refractivity contribution in [2.45, 2.75) is 31.3 Å². The Morgan fingerprint density at radius 3 is 2.79 bits per heavy atom. The molecular weight excluding hydrogens is 352 g/mol. The van der Waals surface area contributed by atoms with Crippen molar-refractivity contribution in [1.29, 1.82) is 0 Å². The van der Waals surface area contributed by atoms with Gasteiger partial charge in [0, 0.05) is 31.2 Å². The van der Waals surface area contributed by atoms with Crippen LogP contribution in [0.5, 0.6) is 5.75 Å². The fourth-order valence-corrected chi connectivity index (χ4v) is 4.74. The molecule has 0 spiro atoms. The van der Waals surface area contributed by atoms with E-state index in [1.165, 1.54) is 16.8 Å². The Labute approximate surface area is 166 Å². The molecule has 1 amide bonds. The van der Waals surface area contributed by atoms with Crippen molar-refractivity contribution in [3.05, 3.63) is 59.7 Å². The number of carbonyl (C=O) groups is 1. The second-order valence-corrected chi connectivity index (χ2v) is 7.99. The predicted molar refractivity (Wildman–Crippen MR) is 111 cm³/mol. The molecule has 1 fully saturated rings. The molecule has 2 N–H and O–H groups in total. The van der Waals surface area contributed by atoms with Gasteiger partial charge in [0.2, 0.25) is 0 Å². The zero-order chi connectivity index (χ0) is 19.7. The maximum Gasteiger partial charge on any atom is 0.427 e. The zero-order valence-electron chi connectivity index (χ0n) is 16.7. The van der Waals surface area contributed by atoms with Gasteiger partial charge in [-0.05, 0) is 49.2 Å². The minimum absolute atomic E-state index is 0.0581. The van der Waals surface area contributed by atoms with E-state index in [0.29, 0.717) is 18.5 Å². The third kappa shape index (κ3) is 3.34. The van der Waals surface area contributed by atoms with Crippen molar-refractivity contribution in [2.24, 2.45) is 0 Å². The quantitative estimate of drug-likeness (QED) is 0.617. The van der Waals surface area contributed by atoms with Gasteiger partial charge in [-0.3, -0.25) is 10.3 Å². The fraction of sp³-hybridized carbons (Fsp3) is 0.409. The van der Waals surface area contributed by atoms with Crippen molar-refractivity contribution in [1.82, 2.24) is 15.8 Å². The summed E-state index contributed by atoms with van der Waals surface area (Å²) in [6, 6.07) is 16.1. The third-order valence-corrected chi connectivity index (χ3v) is 6.08. The van der Waals surface area contributed by atoms with Crippen LogP contribution in [0.15, 0.2) is 48.5 Å². The summed E-state index contributed by atoms with van der Waals surface area (Å²) in [6.07, 6.45) is 1.79. The number of amides is 1. The van der Waals surface area contributed by atoms with E-state index >= 15 is 0 Å². The summed E-state index contributed by atoms with van der Waals surface area (Å²) in [5.74, 6) is 0.575. The number of ether oxygens (including phenoxy) is 1. The highest BCUT2D eigenvalue weighted by Crippen LogP contribution is 2.51. The lowest BCUT2D eigenvalue weighted by Crippen LogP contribution is -2.45. The molecule has 2 aliphatic rings. The standard InChI is InChI=1S/C22H28N4O2/c1-22-12-14-25(2)20(22)26(3)19-10-9-17(15-18(19)22)28-21(27)24-23-13-11-16-7-5-4-6-8-16/h4-10,15,20,23H,11-14H2,1-3H3,(H,24,27)/t20-,22+/m1/s1. The lowest BCUT2D eigenvalue weighted by molar-refractivity contribution is 0.195. The normalized spacial score (nSPS) is 23.4. The number of benzene rings is 2. The Balaban J connectivity index is 1.35. The minimum Gasteiger partial charge on any atom is -0.409 e. The fourth-order valence-electron chi connectivity index (χ4n) is 4.74. The van der Waals surface area contributed by atoms with Gasteiger partial charge in [-0.15, -0.1) is 0 Å². The maximum atomic E-state index is 12.1. The van der Waals surface area contributed by atoms with E-state index in [2.05, 4.69) is 59.9 Å². The largest absolute Gasteiger partial charge is 0.427 e. The van der Waals surface area contributed by atoms with Crippen molar-refractivity contribution in [2.75, 3.05) is 32.1 Å². The van der Waals surface area contributed by atoms with Crippen LogP contribution in [0.3, 0.4) is 0 Å². The Bertz CT molecular complexity index is 857. The lowest BCUT2D eigenvalue weighted by Gasteiger charge is -2.32. The second-order valence-electron chi connectivity index (χ2n) is 7.99. The number of fused-ring (bicyclic) bond motifs is 3. The van der Waals surface area contributed by atoms with Crippen LogP contribution in [0.2, 0.25) is 0 Å². The van der Waals surface area contributed by atoms with Gasteiger partial charge in [-0.2, -0.15) is 0 Å². The number of carbonyl (C=O) groups excluding carboxylic acids is 1. The summed E-state index contributed by atoms with van der Waals surface area (Å²) in [7, 11) is 4.31. The van der Waals surface area contributed by atoms with E-state index in [-0.39, 0.29) is 5.41 Å². The number of hydrazine groups is 1. The molecule has 0 aromatic heterocycles. The molecule has 2 aromatic rings. The van der Waals surface area contributed by atoms with Crippen LogP contribution in [0.1, 0.15) is 24.5 Å². The number of hydrogen-bond acceptors (Lipinski definition) is 5. The van der Waals surface area contributed by atoms with Gasteiger partial charge in [0.25, 0.3) is 0 Å². The van der Waals surface area contributed by atoms with Crippen molar-refractivity contribution in [3.8, 4) is 5.75 Å². The first-order chi connectivity index (χ1) is 13.5. The summed E-state index contributed by atoms with van der Waals surface area (Å²) in [5, 5.41) is 0. The molecule has 2 aliphatic heterocycles. The molecule has 0 aliphatic carbocycles. The number of nitrogens with one attached hydrogen (secondary N) is 2. The molecule has 28 heavy (non-hydrogen) atoms. The SMILES string of the molecule is CN1CC[C@@]2(C)c3cc(OC(=O)NNCCc4ccccc4)ccc3N(C)[C@@H]12. The van der Waals surface area contributed by atoms with E-state index < -0.39 is 6.09 Å². The molecule has 0 saturated carbocycles. The first-order valence-corrected chi connectivity index (χ1v) is 9.81. The van der Waals surface area contributed by atoms with Gasteiger partial charge in [0.05, 0.1) is 6.17 Å². The average Bonchev–Trinajstić information content (AvgIpc) is 3.12. The van der Waals surface area contributed by atoms with Crippen LogP contribution in [0.25, 0.3) is 0 Å². The van der Waals surface area contributed by atoms with Crippen LogP contribution >= 0.6 is 0 Å². The minimum atomic E-state index is -0.496. The van der Waals surface area contributed by atoms with E-state index in [1.807, 2.05) is 30.3 Å². The average molecular weight is 380 g/mol. The highest BCUT2D eigenvalue weighted by atomic mass is 16.6. The van der Waals surface area contributed by atoms with Crippen molar-refractivity contribution >= 4 is 11.8 Å². The highest BCUT2D eigenvalue weighted by molar-refractivity contribution is 5.72. The predicted octanol–water partition coefficient (Wildman–Crippen LogP) is 2.89. The van der Waals surface area contributed by atoms with Crippen molar-refractivity contribution < 1.29 is 9.53 Å². The molecule has 4 rings (SSSR count). The van der Waals surface area contributed by atoms with Gasteiger partial charge < -0.3 is 9.64 Å². The molecule has 1 saturated heterocycles. The molecule has 0 unspecified atom stereocenters. The van der Waals surface area contributed by atoms with Gasteiger partial charge in [-0.25, -0.2) is 10.2 Å². The first kappa shape index (κ1) is 18.8. The smallest absolute Gasteiger partial charge is 0.409 e. The van der Waals surface area contributed by atoms with Crippen LogP contribution in [0, 0.1) is 0 Å². The molecule has 148 valence electrons. The third-order valence-electron chi connectivity index (χ3n) is 6.08. The number of likely N-dealkylation sites (N-methyl/N-ethyl adjacent to an activating group) is 2. The Hall–Kier alpha value is -2.57. The Morgan fingerprint density at radius 2 is 2.00 bits per heavy atom. The maximum absolute atomic E-state index is 12.1. The molecule has 0 radical (unpaired) electrons. The zero-order valence-corrected chi connectivity index (χ0v) is 16.7. The molecular formula is C22H28N4O2. The highest BCUT2D eigenvalue weighted by Gasteiger charge is 2.52. The van der Waals surface area contributed by atoms with Gasteiger partial charge >= 0.3 is 6.09 Å². The van der Waals surface area contributed by atoms with E-state index in [4.69, 9.17) is 4.74 Å². The molecule has 2 heterocycles. The topological polar surface area (TPSA) is 56.8 Å². The molecule has 6 heteroatoms. The van der Waals surface area contributed by atoms with Crippen LogP contribution in [0.4, 0.5) is 10.5 Å². The monoisotopic (exact) mass is 380 g/mol. The van der Waals surface area contributed by atoms with Crippen molar-refractivity contribution in [3.63, 3.8) is 0 Å². The number of nitrogens with zero attached hydrogens (tertiary/aromatic N) is 2. The second kappa shape index (κ2) is 7.45. The lowest BCUT2D eigenvalue weighted by atomic mass is 9.81. The summed E-state index contributed by atoms with van der Waals surface area (Å²) >= 11 is 0. The molecule has 6 nitrogen and oxygen atoms in total. The summed E-state index contributed by atoms with van der Waals surface area (Å²) < 4.78 is 5.50. The van der Waals surface area contributed by atoms with Gasteiger partial charge in [0.1, 0.15) is 5.75 Å². The Morgan fingerprint density at radius 1 is 1.21 bits per heavy atom. The number of rotatable bonds is 5. The summed E-state index contributed by atoms with van der Waals surface area (Å²) in [5.41, 5.74) is 9.28. The van der Waals surface area contributed by atoms with Crippen LogP contribution in [-0.4, -0.2) is 44.3 Å². The molecule has 0 bridgehead atoms. The Kier molecular flexibility index (Phi) is 5.00. The van der Waals surface area contributed by atoms with Gasteiger partial charge in [-0.1, -0.05) is 37.3 Å². The molecule has 2 aromatic carbocycles. The first-order valence-electron chi connectivity index (χ1n) is 9.81. The number of hydrogen-bond donors (Lipinski definition) is 2. The summed E-state index contributed by atoms with van der Waals surface area (Å²) in [4.78, 5) is 16.9. The number of likely N-dealkylation sites (tertiary alicyclic amines) is 1. The van der Waals surface area contributed by atoms with Crippen LogP contribution in [-0.2, 0) is 11.8 Å². The molecule has 2 atom stereocenters. The van der Waals surface area contributed by atoms with E-state index in [9.17, 15) is 4.79 Å². The van der Waals surface area contributed by atoms with E-state index in [1.54, 1.807) is 0 Å². The number of anilines is 1. The van der Waals surface area contributed by atoms with Gasteiger partial charge in [0.15, 0.2) is 0 Å². The summed E-state index contributed by atoms with van der Waals surface area (Å²) in [6.45, 7) is 4.01. The van der Waals surface area contributed by atoms with Crippen LogP contribution < -0.4 is 20.5 Å². The van der Waals surface area contributed by atoms with E-state index in [0.717, 1.165) is 19.4 Å².